The van der Waals surface area contributed by atoms with Crippen LogP contribution in [-0.2, 0) is 9.59 Å². The van der Waals surface area contributed by atoms with Crippen LogP contribution in [0.5, 0.6) is 0 Å². The number of benzene rings is 1. The van der Waals surface area contributed by atoms with E-state index < -0.39 is 11.7 Å². The van der Waals surface area contributed by atoms with E-state index in [0.717, 1.165) is 25.7 Å². The second kappa shape index (κ2) is 5.89. The number of fused-ring (bicyclic) bond motifs is 1. The molecule has 0 radical (unpaired) electrons. The monoisotopic (exact) mass is 330 g/mol. The van der Waals surface area contributed by atoms with Crippen LogP contribution in [0.15, 0.2) is 18.2 Å². The maximum atomic E-state index is 14.1. The van der Waals surface area contributed by atoms with Crippen LogP contribution >= 0.6 is 0 Å². The van der Waals surface area contributed by atoms with Gasteiger partial charge in [0.05, 0.1) is 16.8 Å². The number of nitrogens with zero attached hydrogens (tertiary/aromatic N) is 2. The number of anilines is 1. The molecule has 2 aliphatic rings. The van der Waals surface area contributed by atoms with Gasteiger partial charge in [0.15, 0.2) is 5.82 Å². The predicted octanol–water partition coefficient (Wildman–Crippen LogP) is 2.11. The summed E-state index contributed by atoms with van der Waals surface area (Å²) >= 11 is 0. The van der Waals surface area contributed by atoms with Crippen LogP contribution in [0.3, 0.4) is 0 Å². The maximum Gasteiger partial charge on any atom is 0.229 e. The Labute approximate surface area is 138 Å². The van der Waals surface area contributed by atoms with Gasteiger partial charge in [-0.3, -0.25) is 19.6 Å². The Hall–Kier alpha value is -2.44. The van der Waals surface area contributed by atoms with Gasteiger partial charge in [0.25, 0.3) is 0 Å². The molecule has 2 amide bonds. The summed E-state index contributed by atoms with van der Waals surface area (Å²) in [5, 5.41) is 10.2. The van der Waals surface area contributed by atoms with Crippen molar-refractivity contribution in [2.24, 2.45) is 5.92 Å². The summed E-state index contributed by atoms with van der Waals surface area (Å²) in [6.45, 7) is 0.242. The van der Waals surface area contributed by atoms with Crippen LogP contribution < -0.4 is 10.2 Å². The Bertz CT molecular complexity index is 797. The second-order valence-electron chi connectivity index (χ2n) is 6.60. The number of rotatable bonds is 3. The highest BCUT2D eigenvalue weighted by atomic mass is 19.1. The summed E-state index contributed by atoms with van der Waals surface area (Å²) in [5.41, 5.74) is 0.539. The maximum absolute atomic E-state index is 14.1. The summed E-state index contributed by atoms with van der Waals surface area (Å²) in [7, 11) is 0. The smallest absolute Gasteiger partial charge is 0.229 e. The highest BCUT2D eigenvalue weighted by Crippen LogP contribution is 2.31. The zero-order valence-corrected chi connectivity index (χ0v) is 13.2. The van der Waals surface area contributed by atoms with Crippen molar-refractivity contribution in [2.75, 3.05) is 11.4 Å². The van der Waals surface area contributed by atoms with E-state index in [1.807, 2.05) is 0 Å². The van der Waals surface area contributed by atoms with Crippen LogP contribution in [0, 0.1) is 11.7 Å². The number of halogens is 1. The number of aromatic amines is 1. The molecule has 2 heterocycles. The number of aromatic nitrogens is 2. The molecule has 1 saturated heterocycles. The first-order valence-electron chi connectivity index (χ1n) is 8.37. The van der Waals surface area contributed by atoms with Crippen molar-refractivity contribution >= 4 is 28.5 Å². The molecule has 1 aliphatic carbocycles. The molecule has 1 aromatic heterocycles. The third-order valence-corrected chi connectivity index (χ3v) is 4.97. The third-order valence-electron chi connectivity index (χ3n) is 4.97. The Morgan fingerprint density at radius 3 is 2.92 bits per heavy atom. The number of H-pyrrole nitrogens is 1. The third kappa shape index (κ3) is 2.53. The van der Waals surface area contributed by atoms with E-state index in [9.17, 15) is 14.0 Å². The quantitative estimate of drug-likeness (QED) is 0.905. The molecule has 2 N–H and O–H groups in total. The molecule has 1 aliphatic heterocycles. The summed E-state index contributed by atoms with van der Waals surface area (Å²) in [5.74, 6) is -0.847. The largest absolute Gasteiger partial charge is 0.353 e. The van der Waals surface area contributed by atoms with E-state index in [1.165, 1.54) is 11.0 Å². The van der Waals surface area contributed by atoms with Gasteiger partial charge in [-0.1, -0.05) is 18.9 Å². The van der Waals surface area contributed by atoms with E-state index in [1.54, 1.807) is 12.1 Å². The highest BCUT2D eigenvalue weighted by Gasteiger charge is 2.38. The van der Waals surface area contributed by atoms with Crippen LogP contribution in [0.1, 0.15) is 32.1 Å². The Kier molecular flexibility index (Phi) is 3.70. The SMILES string of the molecule is O=C(NC1CCCC1)[C@@H]1CC(=O)N(c2n[nH]c3cccc(F)c23)C1. The predicted molar refractivity (Wildman–Crippen MR) is 86.9 cm³/mol. The molecule has 1 atom stereocenters. The van der Waals surface area contributed by atoms with Crippen LogP contribution in [0.25, 0.3) is 10.9 Å². The number of hydrogen-bond acceptors (Lipinski definition) is 3. The van der Waals surface area contributed by atoms with Gasteiger partial charge in [-0.15, -0.1) is 0 Å². The molecule has 0 unspecified atom stereocenters. The molecule has 126 valence electrons. The summed E-state index contributed by atoms with van der Waals surface area (Å²) in [6, 6.07) is 4.86. The molecule has 0 spiro atoms. The van der Waals surface area contributed by atoms with Crippen molar-refractivity contribution in [3.8, 4) is 0 Å². The summed E-state index contributed by atoms with van der Waals surface area (Å²) in [4.78, 5) is 26.2. The number of nitrogens with one attached hydrogen (secondary N) is 2. The molecule has 1 aromatic carbocycles. The lowest BCUT2D eigenvalue weighted by Crippen LogP contribution is -2.38. The van der Waals surface area contributed by atoms with Crippen LogP contribution in [0.2, 0.25) is 0 Å². The van der Waals surface area contributed by atoms with Crippen LogP contribution in [-0.4, -0.2) is 34.6 Å². The molecule has 4 rings (SSSR count). The summed E-state index contributed by atoms with van der Waals surface area (Å²) < 4.78 is 14.1. The minimum atomic E-state index is -0.428. The number of carbonyl (C=O) groups excluding carboxylic acids is 2. The van der Waals surface area contributed by atoms with Gasteiger partial charge in [0, 0.05) is 19.0 Å². The lowest BCUT2D eigenvalue weighted by Gasteiger charge is -2.16. The standard InChI is InChI=1S/C17H19FN4O2/c18-12-6-3-7-13-15(12)16(21-20-13)22-9-10(8-14(22)23)17(24)19-11-4-1-2-5-11/h3,6-7,10-11H,1-2,4-5,8-9H2,(H,19,24)(H,20,21)/t10-/m1/s1. The van der Waals surface area contributed by atoms with Gasteiger partial charge >= 0.3 is 0 Å². The normalized spacial score (nSPS) is 21.8. The van der Waals surface area contributed by atoms with E-state index in [-0.39, 0.29) is 36.6 Å². The Morgan fingerprint density at radius 2 is 2.12 bits per heavy atom. The Balaban J connectivity index is 1.54. The average Bonchev–Trinajstić information content (AvgIpc) is 3.27. The van der Waals surface area contributed by atoms with Crippen LogP contribution in [0.4, 0.5) is 10.2 Å². The van der Waals surface area contributed by atoms with Crippen molar-refractivity contribution in [2.45, 2.75) is 38.1 Å². The van der Waals surface area contributed by atoms with E-state index in [2.05, 4.69) is 15.5 Å². The first kappa shape index (κ1) is 15.1. The summed E-state index contributed by atoms with van der Waals surface area (Å²) in [6.07, 6.45) is 4.43. The average molecular weight is 330 g/mol. The number of amides is 2. The van der Waals surface area contributed by atoms with Crippen molar-refractivity contribution in [3.05, 3.63) is 24.0 Å². The zero-order chi connectivity index (χ0) is 16.7. The van der Waals surface area contributed by atoms with Gasteiger partial charge in [0.1, 0.15) is 5.82 Å². The van der Waals surface area contributed by atoms with Gasteiger partial charge in [-0.05, 0) is 25.0 Å². The van der Waals surface area contributed by atoms with Crippen molar-refractivity contribution in [1.82, 2.24) is 15.5 Å². The molecule has 0 bridgehead atoms. The van der Waals surface area contributed by atoms with Gasteiger partial charge in [0.2, 0.25) is 11.8 Å². The molecular weight excluding hydrogens is 311 g/mol. The van der Waals surface area contributed by atoms with Gasteiger partial charge in [-0.2, -0.15) is 5.10 Å². The van der Waals surface area contributed by atoms with E-state index in [0.29, 0.717) is 10.9 Å². The lowest BCUT2D eigenvalue weighted by molar-refractivity contribution is -0.126. The lowest BCUT2D eigenvalue weighted by atomic mass is 10.1. The fourth-order valence-corrected chi connectivity index (χ4v) is 3.69. The fraction of sp³-hybridized carbons (Fsp3) is 0.471. The zero-order valence-electron chi connectivity index (χ0n) is 13.2. The molecule has 1 saturated carbocycles. The van der Waals surface area contributed by atoms with E-state index in [4.69, 9.17) is 0 Å². The molecule has 2 aromatic rings. The number of hydrogen-bond donors (Lipinski definition) is 2. The molecule has 7 heteroatoms. The minimum absolute atomic E-state index is 0.0851. The minimum Gasteiger partial charge on any atom is -0.353 e. The number of carbonyl (C=O) groups is 2. The first-order valence-corrected chi connectivity index (χ1v) is 8.37. The molecule has 24 heavy (non-hydrogen) atoms. The fourth-order valence-electron chi connectivity index (χ4n) is 3.69. The van der Waals surface area contributed by atoms with Gasteiger partial charge in [-0.25, -0.2) is 4.39 Å². The Morgan fingerprint density at radius 1 is 1.33 bits per heavy atom. The second-order valence-corrected chi connectivity index (χ2v) is 6.60. The van der Waals surface area contributed by atoms with Gasteiger partial charge < -0.3 is 5.32 Å². The van der Waals surface area contributed by atoms with E-state index >= 15 is 0 Å². The van der Waals surface area contributed by atoms with Crippen molar-refractivity contribution in [3.63, 3.8) is 0 Å². The highest BCUT2D eigenvalue weighted by molar-refractivity contribution is 6.05. The molecule has 2 fully saturated rings. The van der Waals surface area contributed by atoms with Crippen molar-refractivity contribution in [1.29, 1.82) is 0 Å². The first-order chi connectivity index (χ1) is 11.6. The van der Waals surface area contributed by atoms with Crippen molar-refractivity contribution < 1.29 is 14.0 Å². The molecular formula is C17H19FN4O2. The molecule has 6 nitrogen and oxygen atoms in total. The topological polar surface area (TPSA) is 78.1 Å².